The van der Waals surface area contributed by atoms with Crippen molar-refractivity contribution in [1.82, 2.24) is 4.90 Å². The van der Waals surface area contributed by atoms with Crippen LogP contribution in [0.4, 0.5) is 5.69 Å². The molecular weight excluding hydrogens is 356 g/mol. The average molecular weight is 383 g/mol. The number of hydrogen-bond acceptors (Lipinski definition) is 2. The SMILES string of the molecule is C=CCN1CCC2(CC1)CN(C(=O)c1cccc3ccccc13)c1ccccc12. The molecule has 3 aromatic rings. The largest absolute Gasteiger partial charge is 0.307 e. The number of nitrogens with zero attached hydrogens (tertiary/aromatic N) is 2. The molecule has 1 spiro atoms. The number of rotatable bonds is 3. The summed E-state index contributed by atoms with van der Waals surface area (Å²) in [7, 11) is 0. The molecule has 5 rings (SSSR count). The van der Waals surface area contributed by atoms with Gasteiger partial charge in [0.05, 0.1) is 0 Å². The zero-order chi connectivity index (χ0) is 19.8. The highest BCUT2D eigenvalue weighted by Crippen LogP contribution is 2.47. The average Bonchev–Trinajstić information content (AvgIpc) is 3.09. The van der Waals surface area contributed by atoms with Crippen LogP contribution in [0.5, 0.6) is 0 Å². The van der Waals surface area contributed by atoms with E-state index in [0.717, 1.165) is 61.0 Å². The van der Waals surface area contributed by atoms with Gasteiger partial charge in [0, 0.05) is 29.8 Å². The summed E-state index contributed by atoms with van der Waals surface area (Å²) in [5.74, 6) is 0.111. The van der Waals surface area contributed by atoms with Crippen molar-refractivity contribution in [2.24, 2.45) is 0 Å². The van der Waals surface area contributed by atoms with Gasteiger partial charge in [0.25, 0.3) is 5.91 Å². The lowest BCUT2D eigenvalue weighted by Crippen LogP contribution is -2.46. The van der Waals surface area contributed by atoms with Gasteiger partial charge in [-0.2, -0.15) is 0 Å². The first kappa shape index (κ1) is 18.1. The Labute approximate surface area is 172 Å². The van der Waals surface area contributed by atoms with Crippen LogP contribution in [0.15, 0.2) is 79.4 Å². The molecule has 146 valence electrons. The number of likely N-dealkylation sites (tertiary alicyclic amines) is 1. The van der Waals surface area contributed by atoms with Gasteiger partial charge in [-0.15, -0.1) is 6.58 Å². The van der Waals surface area contributed by atoms with Crippen LogP contribution in [0.2, 0.25) is 0 Å². The van der Waals surface area contributed by atoms with E-state index in [-0.39, 0.29) is 11.3 Å². The summed E-state index contributed by atoms with van der Waals surface area (Å²) in [6.07, 6.45) is 4.14. The van der Waals surface area contributed by atoms with Crippen LogP contribution in [-0.2, 0) is 5.41 Å². The number of para-hydroxylation sites is 1. The summed E-state index contributed by atoms with van der Waals surface area (Å²) < 4.78 is 0. The molecule has 0 atom stereocenters. The molecular formula is C26H26N2O. The van der Waals surface area contributed by atoms with Crippen molar-refractivity contribution >= 4 is 22.4 Å². The third-order valence-corrected chi connectivity index (χ3v) is 6.69. The first-order valence-corrected chi connectivity index (χ1v) is 10.4. The Morgan fingerprint density at radius 2 is 1.69 bits per heavy atom. The number of benzene rings is 3. The van der Waals surface area contributed by atoms with Crippen LogP contribution in [0, 0.1) is 0 Å². The molecule has 3 heteroatoms. The highest BCUT2D eigenvalue weighted by atomic mass is 16.2. The van der Waals surface area contributed by atoms with Gasteiger partial charge in [0.15, 0.2) is 0 Å². The summed E-state index contributed by atoms with van der Waals surface area (Å²) >= 11 is 0. The summed E-state index contributed by atoms with van der Waals surface area (Å²) in [6.45, 7) is 7.70. The maximum atomic E-state index is 13.7. The van der Waals surface area contributed by atoms with E-state index in [1.807, 2.05) is 47.4 Å². The molecule has 2 aliphatic rings. The molecule has 0 N–H and O–H groups in total. The van der Waals surface area contributed by atoms with Crippen molar-refractivity contribution in [2.75, 3.05) is 31.1 Å². The van der Waals surface area contributed by atoms with Crippen LogP contribution in [-0.4, -0.2) is 37.0 Å². The molecule has 2 heterocycles. The normalized spacial score (nSPS) is 18.1. The van der Waals surface area contributed by atoms with Crippen LogP contribution < -0.4 is 4.90 Å². The van der Waals surface area contributed by atoms with Crippen molar-refractivity contribution in [1.29, 1.82) is 0 Å². The van der Waals surface area contributed by atoms with Crippen molar-refractivity contribution < 1.29 is 4.79 Å². The van der Waals surface area contributed by atoms with Crippen molar-refractivity contribution in [2.45, 2.75) is 18.3 Å². The van der Waals surface area contributed by atoms with Gasteiger partial charge in [-0.25, -0.2) is 0 Å². The monoisotopic (exact) mass is 382 g/mol. The van der Waals surface area contributed by atoms with Gasteiger partial charge in [-0.05, 0) is 54.4 Å². The van der Waals surface area contributed by atoms with Crippen LogP contribution >= 0.6 is 0 Å². The number of hydrogen-bond donors (Lipinski definition) is 0. The van der Waals surface area contributed by atoms with Gasteiger partial charge >= 0.3 is 0 Å². The predicted octanol–water partition coefficient (Wildman–Crippen LogP) is 5.02. The number of carbonyl (C=O) groups excluding carboxylic acids is 1. The van der Waals surface area contributed by atoms with Crippen molar-refractivity contribution in [3.05, 3.63) is 90.5 Å². The van der Waals surface area contributed by atoms with E-state index in [4.69, 9.17) is 0 Å². The lowest BCUT2D eigenvalue weighted by atomic mass is 9.74. The standard InChI is InChI=1S/C26H26N2O/c1-2-16-27-17-14-26(15-18-27)19-28(24-13-6-5-12-23(24)26)25(29)22-11-7-9-20-8-3-4-10-21(20)22/h2-13H,1,14-19H2. The first-order chi connectivity index (χ1) is 14.2. The second-order valence-corrected chi connectivity index (χ2v) is 8.30. The Morgan fingerprint density at radius 3 is 2.52 bits per heavy atom. The molecule has 29 heavy (non-hydrogen) atoms. The lowest BCUT2D eigenvalue weighted by molar-refractivity contribution is 0.0979. The van der Waals surface area contributed by atoms with Gasteiger partial charge in [-0.1, -0.05) is 60.7 Å². The Morgan fingerprint density at radius 1 is 0.966 bits per heavy atom. The maximum absolute atomic E-state index is 13.7. The predicted molar refractivity (Wildman–Crippen MR) is 120 cm³/mol. The summed E-state index contributed by atoms with van der Waals surface area (Å²) in [6, 6.07) is 22.7. The minimum Gasteiger partial charge on any atom is -0.307 e. The quantitative estimate of drug-likeness (QED) is 0.594. The van der Waals surface area contributed by atoms with Crippen LogP contribution in [0.1, 0.15) is 28.8 Å². The second-order valence-electron chi connectivity index (χ2n) is 8.30. The van der Waals surface area contributed by atoms with Crippen molar-refractivity contribution in [3.8, 4) is 0 Å². The molecule has 0 unspecified atom stereocenters. The third-order valence-electron chi connectivity index (χ3n) is 6.69. The van der Waals surface area contributed by atoms with E-state index in [1.165, 1.54) is 5.56 Å². The highest BCUT2D eigenvalue weighted by Gasteiger charge is 2.46. The van der Waals surface area contributed by atoms with Crippen LogP contribution in [0.3, 0.4) is 0 Å². The molecule has 0 aliphatic carbocycles. The zero-order valence-electron chi connectivity index (χ0n) is 16.7. The van der Waals surface area contributed by atoms with Crippen molar-refractivity contribution in [3.63, 3.8) is 0 Å². The molecule has 3 nitrogen and oxygen atoms in total. The molecule has 1 fully saturated rings. The van der Waals surface area contributed by atoms with Gasteiger partial charge in [0.2, 0.25) is 0 Å². The minimum absolute atomic E-state index is 0.0640. The van der Waals surface area contributed by atoms with Gasteiger partial charge in [0.1, 0.15) is 0 Å². The zero-order valence-corrected chi connectivity index (χ0v) is 16.7. The maximum Gasteiger partial charge on any atom is 0.258 e. The Kier molecular flexibility index (Phi) is 4.48. The summed E-state index contributed by atoms with van der Waals surface area (Å²) in [4.78, 5) is 18.2. The highest BCUT2D eigenvalue weighted by molar-refractivity contribution is 6.15. The number of amides is 1. The van der Waals surface area contributed by atoms with E-state index < -0.39 is 0 Å². The third kappa shape index (κ3) is 2.97. The topological polar surface area (TPSA) is 23.6 Å². The first-order valence-electron chi connectivity index (χ1n) is 10.4. The number of carbonyl (C=O) groups is 1. The molecule has 0 radical (unpaired) electrons. The smallest absolute Gasteiger partial charge is 0.258 e. The summed E-state index contributed by atoms with van der Waals surface area (Å²) in [5, 5.41) is 2.14. The molecule has 1 saturated heterocycles. The molecule has 0 aromatic heterocycles. The Bertz CT molecular complexity index is 1070. The number of piperidine rings is 1. The van der Waals surface area contributed by atoms with E-state index in [2.05, 4.69) is 41.8 Å². The second kappa shape index (κ2) is 7.16. The fraction of sp³-hybridized carbons (Fsp3) is 0.269. The Hall–Kier alpha value is -2.91. The minimum atomic E-state index is 0.0640. The van der Waals surface area contributed by atoms with Gasteiger partial charge in [-0.3, -0.25) is 9.69 Å². The van der Waals surface area contributed by atoms with Gasteiger partial charge < -0.3 is 4.90 Å². The lowest BCUT2D eigenvalue weighted by Gasteiger charge is -2.39. The van der Waals surface area contributed by atoms with E-state index >= 15 is 0 Å². The van der Waals surface area contributed by atoms with E-state index in [0.29, 0.717) is 0 Å². The number of fused-ring (bicyclic) bond motifs is 3. The molecule has 2 aliphatic heterocycles. The molecule has 0 bridgehead atoms. The van der Waals surface area contributed by atoms with E-state index in [1.54, 1.807) is 0 Å². The molecule has 1 amide bonds. The summed E-state index contributed by atoms with van der Waals surface area (Å²) in [5.41, 5.74) is 3.28. The molecule has 0 saturated carbocycles. The van der Waals surface area contributed by atoms with E-state index in [9.17, 15) is 4.79 Å². The molecule has 3 aromatic carbocycles. The fourth-order valence-corrected chi connectivity index (χ4v) is 5.14. The fourth-order valence-electron chi connectivity index (χ4n) is 5.14. The number of anilines is 1. The van der Waals surface area contributed by atoms with Crippen LogP contribution in [0.25, 0.3) is 10.8 Å². The Balaban J connectivity index is 1.52.